The predicted octanol–water partition coefficient (Wildman–Crippen LogP) is 9.06. The molecule has 1 unspecified atom stereocenters. The van der Waals surface area contributed by atoms with Crippen LogP contribution in [0.25, 0.3) is 0 Å². The Bertz CT molecular complexity index is 1090. The van der Waals surface area contributed by atoms with Crippen molar-refractivity contribution in [1.82, 2.24) is 5.32 Å². The largest absolute Gasteiger partial charge is 1.00 e. The number of hydrogen-bond donors (Lipinski definition) is 1. The molecule has 1 aromatic heterocycles. The van der Waals surface area contributed by atoms with Gasteiger partial charge in [0.25, 0.3) is 5.91 Å². The lowest BCUT2D eigenvalue weighted by Gasteiger charge is -2.20. The minimum atomic E-state index is -0.511. The van der Waals surface area contributed by atoms with Gasteiger partial charge in [-0.25, -0.2) is 4.57 Å². The zero-order valence-electron chi connectivity index (χ0n) is 32.8. The number of rotatable bonds is 32. The van der Waals surface area contributed by atoms with E-state index >= 15 is 0 Å². The molecule has 286 valence electrons. The van der Waals surface area contributed by atoms with Crippen LogP contribution in [0.5, 0.6) is 11.5 Å². The van der Waals surface area contributed by atoms with Crippen molar-refractivity contribution in [2.75, 3.05) is 6.61 Å². The standard InChI is InChI=1S/C44H74N2O3.HI/c1-5-7-9-11-13-15-17-18-19-20-21-23-25-27-32-43(44(47)45-38-40-31-28-29-35-46(40)4)49-42-34-33-41(37-39(42)3)48-36-30-26-24-22-16-14-12-10-8-6-2;/h28-29,31,33-35,37,43H,5-27,30,32,36,38H2,1-4H3;1H. The Morgan fingerprint density at radius 2 is 1.18 bits per heavy atom. The summed E-state index contributed by atoms with van der Waals surface area (Å²) in [5.74, 6) is 1.60. The van der Waals surface area contributed by atoms with Crippen molar-refractivity contribution in [3.63, 3.8) is 0 Å². The second-order valence-electron chi connectivity index (χ2n) is 14.5. The van der Waals surface area contributed by atoms with Gasteiger partial charge in [0.15, 0.2) is 18.0 Å². The molecule has 0 radical (unpaired) electrons. The van der Waals surface area contributed by atoms with E-state index in [0.717, 1.165) is 55.0 Å². The Labute approximate surface area is 325 Å². The van der Waals surface area contributed by atoms with E-state index in [1.807, 2.05) is 55.1 Å². The van der Waals surface area contributed by atoms with Gasteiger partial charge in [0.2, 0.25) is 0 Å². The summed E-state index contributed by atoms with van der Waals surface area (Å²) >= 11 is 0. The van der Waals surface area contributed by atoms with E-state index in [1.165, 1.54) is 135 Å². The fourth-order valence-electron chi connectivity index (χ4n) is 6.58. The summed E-state index contributed by atoms with van der Waals surface area (Å²) in [5.41, 5.74) is 2.07. The van der Waals surface area contributed by atoms with Gasteiger partial charge < -0.3 is 38.8 Å². The maximum atomic E-state index is 13.4. The molecule has 0 aliphatic rings. The smallest absolute Gasteiger partial charge is 0.261 e. The molecule has 0 bridgehead atoms. The topological polar surface area (TPSA) is 51.4 Å². The maximum Gasteiger partial charge on any atom is 0.261 e. The van der Waals surface area contributed by atoms with Gasteiger partial charge in [0.05, 0.1) is 6.61 Å². The van der Waals surface area contributed by atoms with E-state index in [9.17, 15) is 4.79 Å². The highest BCUT2D eigenvalue weighted by Crippen LogP contribution is 2.26. The molecule has 1 atom stereocenters. The number of nitrogens with one attached hydrogen (secondary N) is 1. The van der Waals surface area contributed by atoms with Crippen LogP contribution in [0.3, 0.4) is 0 Å². The molecular weight excluding hydrogens is 731 g/mol. The quantitative estimate of drug-likeness (QED) is 0.0457. The van der Waals surface area contributed by atoms with Crippen molar-refractivity contribution in [2.24, 2.45) is 7.05 Å². The average Bonchev–Trinajstić information content (AvgIpc) is 3.10. The third-order valence-electron chi connectivity index (χ3n) is 9.90. The Hall–Kier alpha value is -1.83. The summed E-state index contributed by atoms with van der Waals surface area (Å²) in [6, 6.07) is 12.1. The van der Waals surface area contributed by atoms with Gasteiger partial charge in [0.1, 0.15) is 25.1 Å². The van der Waals surface area contributed by atoms with E-state index in [1.54, 1.807) is 0 Å². The average molecular weight is 807 g/mol. The lowest BCUT2D eigenvalue weighted by Crippen LogP contribution is -3.00. The zero-order valence-corrected chi connectivity index (χ0v) is 34.9. The number of halogens is 1. The number of aryl methyl sites for hydroxylation is 2. The van der Waals surface area contributed by atoms with Gasteiger partial charge in [-0.1, -0.05) is 161 Å². The fraction of sp³-hybridized carbons (Fsp3) is 0.727. The Morgan fingerprint density at radius 1 is 0.680 bits per heavy atom. The van der Waals surface area contributed by atoms with Crippen LogP contribution in [0.15, 0.2) is 42.6 Å². The highest BCUT2D eigenvalue weighted by Gasteiger charge is 2.22. The highest BCUT2D eigenvalue weighted by atomic mass is 127. The number of unbranched alkanes of at least 4 members (excludes halogenated alkanes) is 22. The van der Waals surface area contributed by atoms with Crippen molar-refractivity contribution >= 4 is 5.91 Å². The first-order valence-corrected chi connectivity index (χ1v) is 20.7. The van der Waals surface area contributed by atoms with Gasteiger partial charge >= 0.3 is 0 Å². The minimum absolute atomic E-state index is 0. The third kappa shape index (κ3) is 22.9. The molecule has 1 heterocycles. The van der Waals surface area contributed by atoms with E-state index in [0.29, 0.717) is 6.54 Å². The second-order valence-corrected chi connectivity index (χ2v) is 14.5. The van der Waals surface area contributed by atoms with E-state index in [-0.39, 0.29) is 29.9 Å². The molecule has 5 nitrogen and oxygen atoms in total. The number of nitrogens with zero attached hydrogens (tertiary/aromatic N) is 1. The summed E-state index contributed by atoms with van der Waals surface area (Å²) in [6.45, 7) is 7.84. The molecule has 0 aliphatic carbocycles. The van der Waals surface area contributed by atoms with Crippen LogP contribution < -0.4 is 43.3 Å². The summed E-state index contributed by atoms with van der Waals surface area (Å²) in [5, 5.41) is 3.14. The van der Waals surface area contributed by atoms with Crippen LogP contribution in [0.1, 0.15) is 186 Å². The van der Waals surface area contributed by atoms with Gasteiger partial charge in [-0.3, -0.25) is 4.79 Å². The number of aromatic nitrogens is 1. The summed E-state index contributed by atoms with van der Waals surface area (Å²) < 4.78 is 14.6. The minimum Gasteiger partial charge on any atom is -1.00 e. The number of carbonyl (C=O) groups is 1. The highest BCUT2D eigenvalue weighted by molar-refractivity contribution is 5.81. The molecule has 1 aromatic carbocycles. The molecule has 0 aliphatic heterocycles. The monoisotopic (exact) mass is 806 g/mol. The molecule has 0 saturated heterocycles. The first-order valence-electron chi connectivity index (χ1n) is 20.7. The Morgan fingerprint density at radius 3 is 1.68 bits per heavy atom. The maximum absolute atomic E-state index is 13.4. The van der Waals surface area contributed by atoms with Crippen molar-refractivity contribution in [2.45, 2.75) is 194 Å². The number of ether oxygens (including phenoxy) is 2. The molecule has 50 heavy (non-hydrogen) atoms. The van der Waals surface area contributed by atoms with Crippen molar-refractivity contribution in [3.8, 4) is 11.5 Å². The van der Waals surface area contributed by atoms with Crippen molar-refractivity contribution in [1.29, 1.82) is 0 Å². The molecule has 0 spiro atoms. The van der Waals surface area contributed by atoms with E-state index in [2.05, 4.69) is 25.2 Å². The number of pyridine rings is 1. The summed E-state index contributed by atoms with van der Waals surface area (Å²) in [4.78, 5) is 13.4. The van der Waals surface area contributed by atoms with Crippen LogP contribution >= 0.6 is 0 Å². The fourth-order valence-corrected chi connectivity index (χ4v) is 6.58. The molecular formula is C44H75IN2O3. The molecule has 2 rings (SSSR count). The summed E-state index contributed by atoms with van der Waals surface area (Å²) in [6.07, 6.45) is 33.9. The van der Waals surface area contributed by atoms with Crippen LogP contribution in [-0.2, 0) is 18.4 Å². The number of hydrogen-bond acceptors (Lipinski definition) is 3. The van der Waals surface area contributed by atoms with Crippen LogP contribution in [0.2, 0.25) is 0 Å². The zero-order chi connectivity index (χ0) is 35.2. The van der Waals surface area contributed by atoms with Gasteiger partial charge in [-0.05, 0) is 49.9 Å². The van der Waals surface area contributed by atoms with Crippen molar-refractivity contribution in [3.05, 3.63) is 53.9 Å². The first kappa shape index (κ1) is 46.2. The van der Waals surface area contributed by atoms with Crippen molar-refractivity contribution < 1.29 is 42.8 Å². The summed E-state index contributed by atoms with van der Waals surface area (Å²) in [7, 11) is 2.01. The molecule has 1 N–H and O–H groups in total. The SMILES string of the molecule is CCCCCCCCCCCCCCCCC(Oc1ccc(OCCCCCCCCCCCC)cc1C)C(=O)NCc1cccc[n+]1C.[I-]. The van der Waals surface area contributed by atoms with Crippen LogP contribution in [0, 0.1) is 6.92 Å². The van der Waals surface area contributed by atoms with Gasteiger partial charge in [-0.2, -0.15) is 0 Å². The second kappa shape index (κ2) is 31.9. The third-order valence-corrected chi connectivity index (χ3v) is 9.90. The van der Waals surface area contributed by atoms with E-state index in [4.69, 9.17) is 9.47 Å². The Kier molecular flexibility index (Phi) is 29.4. The molecule has 6 heteroatoms. The molecule has 2 aromatic rings. The lowest BCUT2D eigenvalue weighted by atomic mass is 10.0. The number of amides is 1. The first-order chi connectivity index (χ1) is 24.0. The van der Waals surface area contributed by atoms with E-state index < -0.39 is 6.10 Å². The predicted molar refractivity (Wildman–Crippen MR) is 207 cm³/mol. The lowest BCUT2D eigenvalue weighted by molar-refractivity contribution is -0.679. The van der Waals surface area contributed by atoms with Crippen LogP contribution in [0.4, 0.5) is 0 Å². The normalized spacial score (nSPS) is 11.6. The van der Waals surface area contributed by atoms with Crippen LogP contribution in [-0.4, -0.2) is 18.6 Å². The Balaban J connectivity index is 0.0000125. The van der Waals surface area contributed by atoms with Gasteiger partial charge in [-0.15, -0.1) is 0 Å². The molecule has 0 fully saturated rings. The molecule has 0 saturated carbocycles. The number of benzene rings is 1. The molecule has 1 amide bonds. The van der Waals surface area contributed by atoms with Gasteiger partial charge in [0, 0.05) is 12.1 Å². The number of carbonyl (C=O) groups excluding carboxylic acids is 1.